The summed E-state index contributed by atoms with van der Waals surface area (Å²) >= 11 is 0. The number of benzene rings is 1. The van der Waals surface area contributed by atoms with Gasteiger partial charge in [-0.25, -0.2) is 9.07 Å². The van der Waals surface area contributed by atoms with Gasteiger partial charge >= 0.3 is 0 Å². The van der Waals surface area contributed by atoms with Crippen LogP contribution in [0, 0.1) is 5.82 Å². The van der Waals surface area contributed by atoms with Crippen molar-refractivity contribution in [2.24, 2.45) is 0 Å². The summed E-state index contributed by atoms with van der Waals surface area (Å²) in [5.74, 6) is 0.589. The molecular formula is C11H14FN5. The van der Waals surface area contributed by atoms with E-state index >= 15 is 0 Å². The van der Waals surface area contributed by atoms with Gasteiger partial charge in [0.15, 0.2) is 0 Å². The molecule has 1 heterocycles. The highest BCUT2D eigenvalue weighted by atomic mass is 19.1. The fraction of sp³-hybridized carbons (Fsp3) is 0.273. The predicted octanol–water partition coefficient (Wildman–Crippen LogP) is 1.11. The highest BCUT2D eigenvalue weighted by Gasteiger charge is 2.08. The summed E-state index contributed by atoms with van der Waals surface area (Å²) in [6.07, 6.45) is 0. The van der Waals surface area contributed by atoms with Crippen LogP contribution in [0.3, 0.4) is 0 Å². The molecule has 2 rings (SSSR count). The van der Waals surface area contributed by atoms with E-state index in [-0.39, 0.29) is 5.82 Å². The standard InChI is InChI=1S/C11H14FN5/c1-16(2)11-14-10(13)17(15-11)7-8-4-3-5-9(12)6-8/h3-6H,7H2,1-2H3,(H2,13,14,15). The predicted molar refractivity (Wildman–Crippen MR) is 64.3 cm³/mol. The average Bonchev–Trinajstić information content (AvgIpc) is 2.61. The summed E-state index contributed by atoms with van der Waals surface area (Å²) in [6, 6.07) is 6.33. The number of nitrogen functional groups attached to an aromatic ring is 1. The van der Waals surface area contributed by atoms with Gasteiger partial charge in [0.05, 0.1) is 6.54 Å². The van der Waals surface area contributed by atoms with Gasteiger partial charge in [-0.3, -0.25) is 0 Å². The van der Waals surface area contributed by atoms with Crippen molar-refractivity contribution in [2.75, 3.05) is 24.7 Å². The summed E-state index contributed by atoms with van der Waals surface area (Å²) in [5.41, 5.74) is 6.53. The second kappa shape index (κ2) is 4.40. The van der Waals surface area contributed by atoms with Crippen LogP contribution in [0.25, 0.3) is 0 Å². The minimum atomic E-state index is -0.269. The van der Waals surface area contributed by atoms with Crippen LogP contribution in [-0.2, 0) is 6.54 Å². The minimum absolute atomic E-state index is 0.269. The molecule has 0 amide bonds. The summed E-state index contributed by atoms with van der Waals surface area (Å²) in [5, 5.41) is 4.22. The Morgan fingerprint density at radius 2 is 2.18 bits per heavy atom. The van der Waals surface area contributed by atoms with Crippen LogP contribution in [0.5, 0.6) is 0 Å². The topological polar surface area (TPSA) is 60.0 Å². The largest absolute Gasteiger partial charge is 0.368 e. The van der Waals surface area contributed by atoms with Crippen molar-refractivity contribution in [1.82, 2.24) is 14.8 Å². The lowest BCUT2D eigenvalue weighted by Crippen LogP contribution is -2.11. The number of anilines is 2. The molecule has 5 nitrogen and oxygen atoms in total. The Hall–Kier alpha value is -2.11. The summed E-state index contributed by atoms with van der Waals surface area (Å²) in [4.78, 5) is 5.85. The number of nitrogens with zero attached hydrogens (tertiary/aromatic N) is 4. The summed E-state index contributed by atoms with van der Waals surface area (Å²) in [7, 11) is 3.67. The molecule has 2 aromatic rings. The number of nitrogens with two attached hydrogens (primary N) is 1. The van der Waals surface area contributed by atoms with Crippen molar-refractivity contribution in [3.63, 3.8) is 0 Å². The lowest BCUT2D eigenvalue weighted by atomic mass is 10.2. The van der Waals surface area contributed by atoms with E-state index in [1.54, 1.807) is 15.6 Å². The minimum Gasteiger partial charge on any atom is -0.368 e. The van der Waals surface area contributed by atoms with Crippen molar-refractivity contribution >= 4 is 11.9 Å². The van der Waals surface area contributed by atoms with Crippen molar-refractivity contribution in [3.05, 3.63) is 35.6 Å². The molecular weight excluding hydrogens is 221 g/mol. The number of halogens is 1. The van der Waals surface area contributed by atoms with Gasteiger partial charge in [-0.15, -0.1) is 5.10 Å². The third-order valence-electron chi connectivity index (χ3n) is 2.31. The lowest BCUT2D eigenvalue weighted by Gasteiger charge is -2.05. The quantitative estimate of drug-likeness (QED) is 0.865. The normalized spacial score (nSPS) is 10.5. The highest BCUT2D eigenvalue weighted by Crippen LogP contribution is 2.11. The molecule has 0 radical (unpaired) electrons. The van der Waals surface area contributed by atoms with Gasteiger partial charge in [-0.1, -0.05) is 12.1 Å². The van der Waals surface area contributed by atoms with Gasteiger partial charge in [0, 0.05) is 14.1 Å². The molecule has 6 heteroatoms. The van der Waals surface area contributed by atoms with E-state index in [1.807, 2.05) is 20.2 Å². The average molecular weight is 235 g/mol. The SMILES string of the molecule is CN(C)c1nc(N)n(Cc2cccc(F)c2)n1. The zero-order valence-electron chi connectivity index (χ0n) is 9.76. The second-order valence-corrected chi connectivity index (χ2v) is 3.95. The number of hydrogen-bond acceptors (Lipinski definition) is 4. The zero-order valence-corrected chi connectivity index (χ0v) is 9.76. The molecule has 0 unspecified atom stereocenters. The lowest BCUT2D eigenvalue weighted by molar-refractivity contribution is 0.620. The van der Waals surface area contributed by atoms with Gasteiger partial charge in [0.1, 0.15) is 5.82 Å². The maximum absolute atomic E-state index is 13.0. The molecule has 0 fully saturated rings. The highest BCUT2D eigenvalue weighted by molar-refractivity contribution is 5.33. The van der Waals surface area contributed by atoms with Gasteiger partial charge in [0.2, 0.25) is 11.9 Å². The van der Waals surface area contributed by atoms with E-state index in [9.17, 15) is 4.39 Å². The second-order valence-electron chi connectivity index (χ2n) is 3.95. The van der Waals surface area contributed by atoms with Gasteiger partial charge in [-0.2, -0.15) is 4.98 Å². The molecule has 0 aliphatic rings. The Morgan fingerprint density at radius 3 is 2.76 bits per heavy atom. The summed E-state index contributed by atoms with van der Waals surface area (Å²) < 4.78 is 14.6. The first-order chi connectivity index (χ1) is 8.06. The van der Waals surface area contributed by atoms with Crippen LogP contribution in [0.2, 0.25) is 0 Å². The first-order valence-electron chi connectivity index (χ1n) is 5.18. The van der Waals surface area contributed by atoms with Crippen LogP contribution in [0.1, 0.15) is 5.56 Å². The molecule has 0 saturated carbocycles. The Bertz CT molecular complexity index is 520. The Morgan fingerprint density at radius 1 is 1.41 bits per heavy atom. The molecule has 0 aliphatic carbocycles. The number of hydrogen-bond donors (Lipinski definition) is 1. The number of rotatable bonds is 3. The van der Waals surface area contributed by atoms with E-state index in [2.05, 4.69) is 10.1 Å². The molecule has 0 bridgehead atoms. The fourth-order valence-corrected chi connectivity index (χ4v) is 1.46. The maximum atomic E-state index is 13.0. The van der Waals surface area contributed by atoms with E-state index in [1.165, 1.54) is 12.1 Å². The van der Waals surface area contributed by atoms with Crippen LogP contribution in [0.15, 0.2) is 24.3 Å². The maximum Gasteiger partial charge on any atom is 0.246 e. The van der Waals surface area contributed by atoms with Crippen LogP contribution >= 0.6 is 0 Å². The van der Waals surface area contributed by atoms with Gasteiger partial charge in [0.25, 0.3) is 0 Å². The van der Waals surface area contributed by atoms with E-state index in [4.69, 9.17) is 5.73 Å². The fourth-order valence-electron chi connectivity index (χ4n) is 1.46. The molecule has 0 atom stereocenters. The smallest absolute Gasteiger partial charge is 0.246 e. The summed E-state index contributed by atoms with van der Waals surface area (Å²) in [6.45, 7) is 0.407. The van der Waals surface area contributed by atoms with Crippen LogP contribution < -0.4 is 10.6 Å². The molecule has 1 aromatic heterocycles. The molecule has 2 N–H and O–H groups in total. The van der Waals surface area contributed by atoms with Gasteiger partial charge in [-0.05, 0) is 17.7 Å². The van der Waals surface area contributed by atoms with Gasteiger partial charge < -0.3 is 10.6 Å². The zero-order chi connectivity index (χ0) is 12.4. The third-order valence-corrected chi connectivity index (χ3v) is 2.31. The molecule has 0 aliphatic heterocycles. The number of aromatic nitrogens is 3. The monoisotopic (exact) mass is 235 g/mol. The van der Waals surface area contributed by atoms with Crippen molar-refractivity contribution < 1.29 is 4.39 Å². The van der Waals surface area contributed by atoms with Crippen LogP contribution in [0.4, 0.5) is 16.3 Å². The first-order valence-corrected chi connectivity index (χ1v) is 5.18. The van der Waals surface area contributed by atoms with Crippen molar-refractivity contribution in [2.45, 2.75) is 6.54 Å². The van der Waals surface area contributed by atoms with E-state index < -0.39 is 0 Å². The van der Waals surface area contributed by atoms with Crippen LogP contribution in [-0.4, -0.2) is 28.9 Å². The van der Waals surface area contributed by atoms with E-state index in [0.717, 1.165) is 5.56 Å². The molecule has 90 valence electrons. The van der Waals surface area contributed by atoms with E-state index in [0.29, 0.717) is 18.4 Å². The molecule has 0 spiro atoms. The first kappa shape index (κ1) is 11.4. The Balaban J connectivity index is 2.24. The molecule has 1 aromatic carbocycles. The third kappa shape index (κ3) is 2.52. The Labute approximate surface area is 98.7 Å². The molecule has 0 saturated heterocycles. The van der Waals surface area contributed by atoms with Crippen molar-refractivity contribution in [1.29, 1.82) is 0 Å². The molecule has 17 heavy (non-hydrogen) atoms. The Kier molecular flexibility index (Phi) is 2.95. The van der Waals surface area contributed by atoms with Crippen molar-refractivity contribution in [3.8, 4) is 0 Å².